The molecule has 0 amide bonds. The molecule has 1 fully saturated rings. The average molecular weight is 292 g/mol. The Labute approximate surface area is 122 Å². The molecule has 2 aromatic rings. The molecule has 1 aliphatic rings. The SMILES string of the molecule is NC(c1ccc(OC2CC2)cc1)c1ccc(Cl)cc1F. The lowest BCUT2D eigenvalue weighted by Gasteiger charge is -2.14. The molecule has 0 radical (unpaired) electrons. The molecular formula is C16H15ClFNO. The molecule has 104 valence electrons. The van der Waals surface area contributed by atoms with Crippen molar-refractivity contribution in [3.63, 3.8) is 0 Å². The topological polar surface area (TPSA) is 35.2 Å². The number of halogens is 2. The maximum atomic E-state index is 13.9. The monoisotopic (exact) mass is 291 g/mol. The second-order valence-corrected chi connectivity index (χ2v) is 5.47. The van der Waals surface area contributed by atoms with Crippen LogP contribution in [0, 0.1) is 5.82 Å². The molecule has 0 aromatic heterocycles. The number of ether oxygens (including phenoxy) is 1. The summed E-state index contributed by atoms with van der Waals surface area (Å²) in [4.78, 5) is 0. The molecule has 0 spiro atoms. The van der Waals surface area contributed by atoms with Gasteiger partial charge in [0.05, 0.1) is 12.1 Å². The first-order valence-corrected chi connectivity index (χ1v) is 6.98. The second-order valence-electron chi connectivity index (χ2n) is 5.03. The van der Waals surface area contributed by atoms with E-state index in [1.807, 2.05) is 24.3 Å². The molecule has 20 heavy (non-hydrogen) atoms. The molecule has 1 saturated carbocycles. The van der Waals surface area contributed by atoms with Crippen LogP contribution in [0.4, 0.5) is 4.39 Å². The van der Waals surface area contributed by atoms with Gasteiger partial charge in [0.1, 0.15) is 11.6 Å². The zero-order valence-electron chi connectivity index (χ0n) is 10.9. The van der Waals surface area contributed by atoms with Crippen molar-refractivity contribution >= 4 is 11.6 Å². The minimum Gasteiger partial charge on any atom is -0.490 e. The van der Waals surface area contributed by atoms with Gasteiger partial charge in [-0.15, -0.1) is 0 Å². The zero-order chi connectivity index (χ0) is 14.1. The van der Waals surface area contributed by atoms with E-state index < -0.39 is 6.04 Å². The molecule has 0 saturated heterocycles. The van der Waals surface area contributed by atoms with Crippen LogP contribution in [0.2, 0.25) is 5.02 Å². The molecule has 3 rings (SSSR count). The Bertz CT molecular complexity index is 610. The summed E-state index contributed by atoms with van der Waals surface area (Å²) in [5.41, 5.74) is 7.38. The quantitative estimate of drug-likeness (QED) is 0.921. The lowest BCUT2D eigenvalue weighted by molar-refractivity contribution is 0.303. The van der Waals surface area contributed by atoms with E-state index in [4.69, 9.17) is 22.1 Å². The van der Waals surface area contributed by atoms with E-state index in [0.717, 1.165) is 24.2 Å². The van der Waals surface area contributed by atoms with Crippen LogP contribution in [-0.2, 0) is 0 Å². The van der Waals surface area contributed by atoms with E-state index in [1.165, 1.54) is 6.07 Å². The molecule has 1 unspecified atom stereocenters. The minimum absolute atomic E-state index is 0.364. The van der Waals surface area contributed by atoms with Gasteiger partial charge in [-0.1, -0.05) is 29.8 Å². The standard InChI is InChI=1S/C16H15ClFNO/c17-11-3-8-14(15(18)9-11)16(19)10-1-4-12(5-2-10)20-13-6-7-13/h1-5,8-9,13,16H,6-7,19H2. The number of benzene rings is 2. The normalized spacial score (nSPS) is 15.9. The van der Waals surface area contributed by atoms with Gasteiger partial charge in [0.15, 0.2) is 0 Å². The third kappa shape index (κ3) is 2.94. The molecule has 4 heteroatoms. The van der Waals surface area contributed by atoms with E-state index in [2.05, 4.69) is 0 Å². The Morgan fingerprint density at radius 1 is 1.15 bits per heavy atom. The van der Waals surface area contributed by atoms with E-state index in [0.29, 0.717) is 16.7 Å². The maximum absolute atomic E-state index is 13.9. The summed E-state index contributed by atoms with van der Waals surface area (Å²) in [6.45, 7) is 0. The third-order valence-corrected chi connectivity index (χ3v) is 3.60. The van der Waals surface area contributed by atoms with Crippen molar-refractivity contribution in [1.29, 1.82) is 0 Å². The third-order valence-electron chi connectivity index (χ3n) is 3.36. The predicted octanol–water partition coefficient (Wildman–Crippen LogP) is 4.07. The van der Waals surface area contributed by atoms with Gasteiger partial charge in [0, 0.05) is 10.6 Å². The molecule has 0 aliphatic heterocycles. The predicted molar refractivity (Wildman–Crippen MR) is 77.5 cm³/mol. The van der Waals surface area contributed by atoms with E-state index in [-0.39, 0.29) is 5.82 Å². The minimum atomic E-state index is -0.512. The number of hydrogen-bond donors (Lipinski definition) is 1. The fraction of sp³-hybridized carbons (Fsp3) is 0.250. The van der Waals surface area contributed by atoms with Gasteiger partial charge in [0.2, 0.25) is 0 Å². The molecule has 1 aliphatic carbocycles. The molecule has 1 atom stereocenters. The van der Waals surface area contributed by atoms with Crippen LogP contribution >= 0.6 is 11.6 Å². The largest absolute Gasteiger partial charge is 0.490 e. The Morgan fingerprint density at radius 2 is 1.85 bits per heavy atom. The summed E-state index contributed by atoms with van der Waals surface area (Å²) in [6.07, 6.45) is 2.61. The second kappa shape index (κ2) is 5.43. The molecule has 2 aromatic carbocycles. The van der Waals surface area contributed by atoms with Crippen LogP contribution in [0.25, 0.3) is 0 Å². The van der Waals surface area contributed by atoms with Crippen LogP contribution < -0.4 is 10.5 Å². The smallest absolute Gasteiger partial charge is 0.129 e. The highest BCUT2D eigenvalue weighted by Gasteiger charge is 2.23. The Hall–Kier alpha value is -1.58. The summed E-state index contributed by atoms with van der Waals surface area (Å²) >= 11 is 5.75. The number of hydrogen-bond acceptors (Lipinski definition) is 2. The van der Waals surface area contributed by atoms with Gasteiger partial charge >= 0.3 is 0 Å². The molecule has 0 bridgehead atoms. The summed E-state index contributed by atoms with van der Waals surface area (Å²) in [6, 6.07) is 11.5. The van der Waals surface area contributed by atoms with Gasteiger partial charge < -0.3 is 10.5 Å². The van der Waals surface area contributed by atoms with Crippen molar-refractivity contribution in [3.05, 3.63) is 64.4 Å². The fourth-order valence-electron chi connectivity index (χ4n) is 2.07. The van der Waals surface area contributed by atoms with E-state index in [9.17, 15) is 4.39 Å². The van der Waals surface area contributed by atoms with Gasteiger partial charge in [-0.25, -0.2) is 4.39 Å². The van der Waals surface area contributed by atoms with Crippen LogP contribution in [0.3, 0.4) is 0 Å². The van der Waals surface area contributed by atoms with Crippen molar-refractivity contribution in [3.8, 4) is 5.75 Å². The van der Waals surface area contributed by atoms with Crippen molar-refractivity contribution in [2.24, 2.45) is 5.73 Å². The lowest BCUT2D eigenvalue weighted by atomic mass is 9.99. The molecular weight excluding hydrogens is 277 g/mol. The van der Waals surface area contributed by atoms with Gasteiger partial charge in [-0.05, 0) is 42.7 Å². The molecule has 0 heterocycles. The first-order valence-electron chi connectivity index (χ1n) is 6.60. The summed E-state index contributed by atoms with van der Waals surface area (Å²) in [5, 5.41) is 0.367. The van der Waals surface area contributed by atoms with E-state index >= 15 is 0 Å². The van der Waals surface area contributed by atoms with Crippen LogP contribution in [0.15, 0.2) is 42.5 Å². The summed E-state index contributed by atoms with van der Waals surface area (Å²) in [7, 11) is 0. The number of nitrogens with two attached hydrogens (primary N) is 1. The Balaban J connectivity index is 1.80. The van der Waals surface area contributed by atoms with Crippen molar-refractivity contribution < 1.29 is 9.13 Å². The highest BCUT2D eigenvalue weighted by Crippen LogP contribution is 2.29. The van der Waals surface area contributed by atoms with E-state index in [1.54, 1.807) is 12.1 Å². The van der Waals surface area contributed by atoms with Gasteiger partial charge in [0.25, 0.3) is 0 Å². The Morgan fingerprint density at radius 3 is 2.45 bits per heavy atom. The number of rotatable bonds is 4. The highest BCUT2D eigenvalue weighted by atomic mass is 35.5. The fourth-order valence-corrected chi connectivity index (χ4v) is 2.22. The first kappa shape index (κ1) is 13.4. The lowest BCUT2D eigenvalue weighted by Crippen LogP contribution is -2.13. The van der Waals surface area contributed by atoms with Crippen LogP contribution in [0.5, 0.6) is 5.75 Å². The van der Waals surface area contributed by atoms with Crippen LogP contribution in [0.1, 0.15) is 30.0 Å². The van der Waals surface area contributed by atoms with Crippen molar-refractivity contribution in [1.82, 2.24) is 0 Å². The van der Waals surface area contributed by atoms with Crippen molar-refractivity contribution in [2.75, 3.05) is 0 Å². The highest BCUT2D eigenvalue weighted by molar-refractivity contribution is 6.30. The average Bonchev–Trinajstić information content (AvgIpc) is 3.23. The zero-order valence-corrected chi connectivity index (χ0v) is 11.6. The van der Waals surface area contributed by atoms with Gasteiger partial charge in [-0.2, -0.15) is 0 Å². The molecule has 2 nitrogen and oxygen atoms in total. The first-order chi connectivity index (χ1) is 9.63. The summed E-state index contributed by atoms with van der Waals surface area (Å²) in [5.74, 6) is 0.448. The van der Waals surface area contributed by atoms with Crippen molar-refractivity contribution in [2.45, 2.75) is 25.0 Å². The Kier molecular flexibility index (Phi) is 3.64. The summed E-state index contributed by atoms with van der Waals surface area (Å²) < 4.78 is 19.5. The van der Waals surface area contributed by atoms with Crippen LogP contribution in [-0.4, -0.2) is 6.10 Å². The van der Waals surface area contributed by atoms with Gasteiger partial charge in [-0.3, -0.25) is 0 Å². The molecule has 2 N–H and O–H groups in total. The maximum Gasteiger partial charge on any atom is 0.129 e.